The third kappa shape index (κ3) is 3.61. The minimum atomic E-state index is -1.66. The molecule has 19 heavy (non-hydrogen) atoms. The Bertz CT molecular complexity index is 444. The van der Waals surface area contributed by atoms with Crippen molar-refractivity contribution in [3.63, 3.8) is 0 Å². The van der Waals surface area contributed by atoms with Gasteiger partial charge in [-0.25, -0.2) is 4.98 Å². The predicted molar refractivity (Wildman–Crippen MR) is 87.2 cm³/mol. The SMILES string of the molecule is CC(C)[Si](C#Cc1ccc(Cl)cn1)(C(C)C)C(C)C. The quantitative estimate of drug-likeness (QED) is 0.544. The van der Waals surface area contributed by atoms with Gasteiger partial charge < -0.3 is 0 Å². The Labute approximate surface area is 123 Å². The minimum absolute atomic E-state index is 0.646. The van der Waals surface area contributed by atoms with E-state index in [2.05, 4.69) is 58.0 Å². The second kappa shape index (κ2) is 6.59. The second-order valence-electron chi connectivity index (χ2n) is 6.01. The molecule has 0 aliphatic rings. The maximum atomic E-state index is 5.85. The third-order valence-electron chi connectivity index (χ3n) is 4.00. The lowest BCUT2D eigenvalue weighted by Gasteiger charge is -2.38. The second-order valence-corrected chi connectivity index (χ2v) is 12.0. The van der Waals surface area contributed by atoms with Crippen molar-refractivity contribution < 1.29 is 0 Å². The first-order chi connectivity index (χ1) is 8.80. The summed E-state index contributed by atoms with van der Waals surface area (Å²) in [6.45, 7) is 13.9. The van der Waals surface area contributed by atoms with Gasteiger partial charge in [-0.05, 0) is 28.8 Å². The molecule has 104 valence electrons. The molecule has 1 aromatic rings. The van der Waals surface area contributed by atoms with E-state index in [1.807, 2.05) is 12.1 Å². The molecule has 3 heteroatoms. The van der Waals surface area contributed by atoms with Crippen LogP contribution in [-0.4, -0.2) is 13.1 Å². The highest BCUT2D eigenvalue weighted by molar-refractivity contribution is 6.90. The largest absolute Gasteiger partial charge is 0.246 e. The molecule has 1 heterocycles. The summed E-state index contributed by atoms with van der Waals surface area (Å²) in [5.74, 6) is 3.30. The molecule has 0 unspecified atom stereocenters. The van der Waals surface area contributed by atoms with Crippen LogP contribution in [0.15, 0.2) is 18.3 Å². The average molecular weight is 294 g/mol. The zero-order valence-electron chi connectivity index (χ0n) is 12.8. The maximum Gasteiger partial charge on any atom is 0.146 e. The Hall–Kier alpha value is -0.783. The van der Waals surface area contributed by atoms with Gasteiger partial charge in [-0.1, -0.05) is 59.1 Å². The normalized spacial score (nSPS) is 11.9. The van der Waals surface area contributed by atoms with E-state index in [0.29, 0.717) is 21.6 Å². The van der Waals surface area contributed by atoms with E-state index in [1.54, 1.807) is 6.20 Å². The van der Waals surface area contributed by atoms with Crippen LogP contribution in [0.1, 0.15) is 47.2 Å². The van der Waals surface area contributed by atoms with Gasteiger partial charge in [0, 0.05) is 6.20 Å². The predicted octanol–water partition coefficient (Wildman–Crippen LogP) is 5.30. The van der Waals surface area contributed by atoms with Crippen LogP contribution in [0.5, 0.6) is 0 Å². The van der Waals surface area contributed by atoms with Crippen LogP contribution >= 0.6 is 11.6 Å². The van der Waals surface area contributed by atoms with E-state index in [1.165, 1.54) is 0 Å². The van der Waals surface area contributed by atoms with Crippen molar-refractivity contribution in [3.05, 3.63) is 29.0 Å². The highest BCUT2D eigenvalue weighted by Gasteiger charge is 2.41. The average Bonchev–Trinajstić information content (AvgIpc) is 2.30. The number of pyridine rings is 1. The Balaban J connectivity index is 3.19. The molecule has 1 aromatic heterocycles. The van der Waals surface area contributed by atoms with E-state index in [0.717, 1.165) is 5.69 Å². The molecule has 0 N–H and O–H groups in total. The summed E-state index contributed by atoms with van der Waals surface area (Å²) < 4.78 is 0. The van der Waals surface area contributed by atoms with Gasteiger partial charge in [0.1, 0.15) is 13.8 Å². The van der Waals surface area contributed by atoms with Crippen LogP contribution in [0.4, 0.5) is 0 Å². The van der Waals surface area contributed by atoms with Gasteiger partial charge in [0.2, 0.25) is 0 Å². The summed E-state index contributed by atoms with van der Waals surface area (Å²) in [5, 5.41) is 0.658. The van der Waals surface area contributed by atoms with Crippen LogP contribution in [0, 0.1) is 11.5 Å². The molecule has 0 saturated carbocycles. The highest BCUT2D eigenvalue weighted by Crippen LogP contribution is 2.40. The van der Waals surface area contributed by atoms with Gasteiger partial charge in [0.05, 0.1) is 5.02 Å². The van der Waals surface area contributed by atoms with Crippen molar-refractivity contribution in [3.8, 4) is 11.5 Å². The van der Waals surface area contributed by atoms with Crippen LogP contribution in [-0.2, 0) is 0 Å². The molecule has 0 saturated heterocycles. The van der Waals surface area contributed by atoms with Crippen molar-refractivity contribution in [1.82, 2.24) is 4.98 Å². The first-order valence-corrected chi connectivity index (χ1v) is 9.56. The third-order valence-corrected chi connectivity index (χ3v) is 10.5. The summed E-state index contributed by atoms with van der Waals surface area (Å²) in [4.78, 5) is 4.28. The van der Waals surface area contributed by atoms with E-state index < -0.39 is 8.07 Å². The molecule has 0 radical (unpaired) electrons. The monoisotopic (exact) mass is 293 g/mol. The molecule has 0 bridgehead atoms. The summed E-state index contributed by atoms with van der Waals surface area (Å²) >= 11 is 5.85. The molecule has 0 atom stereocenters. The number of halogens is 1. The lowest BCUT2D eigenvalue weighted by atomic mass is 10.4. The van der Waals surface area contributed by atoms with Gasteiger partial charge in [-0.3, -0.25) is 0 Å². The Kier molecular flexibility index (Phi) is 5.64. The standard InChI is InChI=1S/C16H24ClNSi/c1-12(2)19(13(3)4,14(5)6)10-9-16-8-7-15(17)11-18-16/h7-8,11-14H,1-6H3. The number of nitrogens with zero attached hydrogens (tertiary/aromatic N) is 1. The number of hydrogen-bond acceptors (Lipinski definition) is 1. The lowest BCUT2D eigenvalue weighted by molar-refractivity contribution is 0.838. The molecule has 1 nitrogen and oxygen atoms in total. The topological polar surface area (TPSA) is 12.9 Å². The Morgan fingerprint density at radius 2 is 1.53 bits per heavy atom. The summed E-state index contributed by atoms with van der Waals surface area (Å²) in [5.41, 5.74) is 6.41. The molecular formula is C16H24ClNSi. The number of hydrogen-bond donors (Lipinski definition) is 0. The summed E-state index contributed by atoms with van der Waals surface area (Å²) in [6.07, 6.45) is 1.66. The van der Waals surface area contributed by atoms with Crippen molar-refractivity contribution >= 4 is 19.7 Å². The molecular weight excluding hydrogens is 270 g/mol. The lowest BCUT2D eigenvalue weighted by Crippen LogP contribution is -2.43. The fourth-order valence-electron chi connectivity index (χ4n) is 3.06. The van der Waals surface area contributed by atoms with E-state index in [4.69, 9.17) is 11.6 Å². The van der Waals surface area contributed by atoms with Gasteiger partial charge in [0.25, 0.3) is 0 Å². The van der Waals surface area contributed by atoms with Crippen LogP contribution in [0.25, 0.3) is 0 Å². The van der Waals surface area contributed by atoms with Crippen LogP contribution < -0.4 is 0 Å². The molecule has 1 rings (SSSR count). The maximum absolute atomic E-state index is 5.85. The van der Waals surface area contributed by atoms with Crippen molar-refractivity contribution in [2.75, 3.05) is 0 Å². The zero-order valence-corrected chi connectivity index (χ0v) is 14.5. The number of aromatic nitrogens is 1. The van der Waals surface area contributed by atoms with Crippen molar-refractivity contribution in [1.29, 1.82) is 0 Å². The molecule has 0 amide bonds. The van der Waals surface area contributed by atoms with Gasteiger partial charge in [-0.2, -0.15) is 0 Å². The van der Waals surface area contributed by atoms with E-state index in [9.17, 15) is 0 Å². The molecule has 0 fully saturated rings. The van der Waals surface area contributed by atoms with Crippen molar-refractivity contribution in [2.45, 2.75) is 58.2 Å². The first kappa shape index (κ1) is 16.3. The minimum Gasteiger partial charge on any atom is -0.246 e. The fourth-order valence-corrected chi connectivity index (χ4v) is 8.38. The molecule has 0 aliphatic heterocycles. The smallest absolute Gasteiger partial charge is 0.146 e. The fraction of sp³-hybridized carbons (Fsp3) is 0.562. The summed E-state index contributed by atoms with van der Waals surface area (Å²) in [6, 6.07) is 3.75. The molecule has 0 spiro atoms. The van der Waals surface area contributed by atoms with E-state index in [-0.39, 0.29) is 0 Å². The Morgan fingerprint density at radius 1 is 1.00 bits per heavy atom. The molecule has 0 aliphatic carbocycles. The van der Waals surface area contributed by atoms with Crippen molar-refractivity contribution in [2.24, 2.45) is 0 Å². The van der Waals surface area contributed by atoms with Crippen LogP contribution in [0.2, 0.25) is 21.6 Å². The molecule has 0 aromatic carbocycles. The van der Waals surface area contributed by atoms with Gasteiger partial charge in [0.15, 0.2) is 0 Å². The summed E-state index contributed by atoms with van der Waals surface area (Å²) in [7, 11) is -1.66. The van der Waals surface area contributed by atoms with E-state index >= 15 is 0 Å². The Morgan fingerprint density at radius 3 is 1.89 bits per heavy atom. The van der Waals surface area contributed by atoms with Gasteiger partial charge in [-0.15, -0.1) is 5.54 Å². The first-order valence-electron chi connectivity index (χ1n) is 6.95. The zero-order chi connectivity index (χ0) is 14.6. The number of rotatable bonds is 3. The van der Waals surface area contributed by atoms with Gasteiger partial charge >= 0.3 is 0 Å². The highest BCUT2D eigenvalue weighted by atomic mass is 35.5. The van der Waals surface area contributed by atoms with Crippen LogP contribution in [0.3, 0.4) is 0 Å².